The Kier molecular flexibility index (Phi) is 4.11. The molecule has 0 bridgehead atoms. The summed E-state index contributed by atoms with van der Waals surface area (Å²) in [6.45, 7) is 0.472. The summed E-state index contributed by atoms with van der Waals surface area (Å²) in [5.41, 5.74) is 6.41. The molecule has 1 aromatic rings. The number of nitrogens with two attached hydrogens (primary N) is 1. The van der Waals surface area contributed by atoms with Crippen LogP contribution in [0.1, 0.15) is 16.7 Å². The molecular formula is C15H17F3N2O3S. The van der Waals surface area contributed by atoms with Gasteiger partial charge in [0.1, 0.15) is 0 Å². The molecule has 132 valence electrons. The molecule has 0 aliphatic carbocycles. The molecule has 0 spiro atoms. The number of alkyl halides is 3. The number of carbonyl (C=O) groups excluding carboxylic acids is 1. The largest absolute Gasteiger partial charge is 0.416 e. The van der Waals surface area contributed by atoms with Crippen molar-refractivity contribution >= 4 is 15.7 Å². The highest BCUT2D eigenvalue weighted by molar-refractivity contribution is 7.92. The third-order valence-electron chi connectivity index (χ3n) is 4.59. The van der Waals surface area contributed by atoms with E-state index in [2.05, 4.69) is 0 Å². The lowest BCUT2D eigenvalue weighted by Gasteiger charge is -2.36. The van der Waals surface area contributed by atoms with Gasteiger partial charge in [-0.1, -0.05) is 6.07 Å². The van der Waals surface area contributed by atoms with Gasteiger partial charge in [0.15, 0.2) is 9.84 Å². The summed E-state index contributed by atoms with van der Waals surface area (Å²) in [4.78, 5) is 13.9. The molecule has 1 aromatic carbocycles. The van der Waals surface area contributed by atoms with E-state index in [4.69, 9.17) is 5.73 Å². The number of hydrogen-bond acceptors (Lipinski definition) is 4. The van der Waals surface area contributed by atoms with Gasteiger partial charge in [0, 0.05) is 19.0 Å². The van der Waals surface area contributed by atoms with Gasteiger partial charge >= 0.3 is 6.18 Å². The van der Waals surface area contributed by atoms with Crippen LogP contribution >= 0.6 is 0 Å². The maximum Gasteiger partial charge on any atom is 0.416 e. The molecule has 0 aromatic heterocycles. The summed E-state index contributed by atoms with van der Waals surface area (Å²) in [5.74, 6) is -0.893. The Morgan fingerprint density at radius 3 is 2.50 bits per heavy atom. The molecule has 2 aliphatic rings. The Balaban J connectivity index is 1.70. The quantitative estimate of drug-likeness (QED) is 0.850. The number of rotatable bonds is 2. The van der Waals surface area contributed by atoms with Crippen LogP contribution in [-0.4, -0.2) is 43.3 Å². The van der Waals surface area contributed by atoms with E-state index in [0.29, 0.717) is 17.5 Å². The molecule has 1 atom stereocenters. The predicted molar refractivity (Wildman–Crippen MR) is 80.7 cm³/mol. The van der Waals surface area contributed by atoms with Gasteiger partial charge in [0.25, 0.3) is 0 Å². The Morgan fingerprint density at radius 1 is 1.25 bits per heavy atom. The van der Waals surface area contributed by atoms with E-state index >= 15 is 0 Å². The van der Waals surface area contributed by atoms with Gasteiger partial charge in [-0.05, 0) is 29.7 Å². The molecule has 0 saturated carbocycles. The van der Waals surface area contributed by atoms with Gasteiger partial charge < -0.3 is 10.6 Å². The molecule has 0 radical (unpaired) electrons. The van der Waals surface area contributed by atoms with E-state index in [0.717, 1.165) is 12.1 Å². The SMILES string of the molecule is NC(C(=O)N1CCc2cc(C(F)(F)F)ccc2C1)C1CS(=O)(=O)C1. The summed E-state index contributed by atoms with van der Waals surface area (Å²) < 4.78 is 60.6. The number of sulfone groups is 1. The highest BCUT2D eigenvalue weighted by Crippen LogP contribution is 2.32. The minimum Gasteiger partial charge on any atom is -0.337 e. The van der Waals surface area contributed by atoms with Gasteiger partial charge in [-0.15, -0.1) is 0 Å². The van der Waals surface area contributed by atoms with E-state index in [-0.39, 0.29) is 36.4 Å². The van der Waals surface area contributed by atoms with E-state index in [1.54, 1.807) is 0 Å². The molecule has 1 saturated heterocycles. The number of nitrogens with zero attached hydrogens (tertiary/aromatic N) is 1. The van der Waals surface area contributed by atoms with E-state index in [1.807, 2.05) is 0 Å². The number of fused-ring (bicyclic) bond motifs is 1. The summed E-state index contributed by atoms with van der Waals surface area (Å²) in [7, 11) is -3.06. The van der Waals surface area contributed by atoms with Crippen molar-refractivity contribution in [2.24, 2.45) is 11.7 Å². The van der Waals surface area contributed by atoms with Crippen molar-refractivity contribution in [3.63, 3.8) is 0 Å². The number of benzene rings is 1. The first-order valence-electron chi connectivity index (χ1n) is 7.50. The minimum absolute atomic E-state index is 0.0841. The van der Waals surface area contributed by atoms with Crippen LogP contribution in [0.2, 0.25) is 0 Å². The van der Waals surface area contributed by atoms with Crippen molar-refractivity contribution in [1.29, 1.82) is 0 Å². The van der Waals surface area contributed by atoms with Crippen molar-refractivity contribution in [3.05, 3.63) is 34.9 Å². The van der Waals surface area contributed by atoms with Crippen molar-refractivity contribution in [2.45, 2.75) is 25.2 Å². The van der Waals surface area contributed by atoms with Crippen LogP contribution in [0.5, 0.6) is 0 Å². The molecule has 2 aliphatic heterocycles. The Labute approximate surface area is 137 Å². The maximum absolute atomic E-state index is 12.7. The molecule has 1 fully saturated rings. The van der Waals surface area contributed by atoms with Gasteiger partial charge in [0.05, 0.1) is 23.1 Å². The van der Waals surface area contributed by atoms with Crippen LogP contribution in [0.4, 0.5) is 13.2 Å². The molecule has 2 heterocycles. The normalized spacial score (nSPS) is 21.8. The van der Waals surface area contributed by atoms with Crippen molar-refractivity contribution < 1.29 is 26.4 Å². The van der Waals surface area contributed by atoms with E-state index in [1.165, 1.54) is 11.0 Å². The van der Waals surface area contributed by atoms with Crippen LogP contribution in [0, 0.1) is 5.92 Å². The first-order chi connectivity index (χ1) is 11.1. The zero-order valence-electron chi connectivity index (χ0n) is 12.7. The van der Waals surface area contributed by atoms with E-state index in [9.17, 15) is 26.4 Å². The number of amides is 1. The second-order valence-electron chi connectivity index (χ2n) is 6.35. The van der Waals surface area contributed by atoms with E-state index < -0.39 is 27.6 Å². The van der Waals surface area contributed by atoms with Crippen molar-refractivity contribution in [2.75, 3.05) is 18.1 Å². The molecule has 1 amide bonds. The van der Waals surface area contributed by atoms with Gasteiger partial charge in [0.2, 0.25) is 5.91 Å². The Morgan fingerprint density at radius 2 is 1.92 bits per heavy atom. The van der Waals surface area contributed by atoms with Crippen LogP contribution in [0.25, 0.3) is 0 Å². The summed E-state index contributed by atoms with van der Waals surface area (Å²) in [6, 6.07) is 2.63. The highest BCUT2D eigenvalue weighted by atomic mass is 32.2. The molecule has 1 unspecified atom stereocenters. The summed E-state index contributed by atoms with van der Waals surface area (Å²) in [6.07, 6.45) is -4.07. The van der Waals surface area contributed by atoms with Gasteiger partial charge in [-0.2, -0.15) is 13.2 Å². The molecular weight excluding hydrogens is 345 g/mol. The second-order valence-corrected chi connectivity index (χ2v) is 8.51. The van der Waals surface area contributed by atoms with Crippen LogP contribution in [0.15, 0.2) is 18.2 Å². The number of hydrogen-bond donors (Lipinski definition) is 1. The van der Waals surface area contributed by atoms with Gasteiger partial charge in [-0.3, -0.25) is 4.79 Å². The number of halogens is 3. The lowest BCUT2D eigenvalue weighted by molar-refractivity contribution is -0.138. The molecule has 9 heteroatoms. The minimum atomic E-state index is -4.39. The zero-order chi connectivity index (χ0) is 17.7. The lowest BCUT2D eigenvalue weighted by atomic mass is 9.95. The van der Waals surface area contributed by atoms with Crippen molar-refractivity contribution in [1.82, 2.24) is 4.90 Å². The predicted octanol–water partition coefficient (Wildman–Crippen LogP) is 0.962. The second kappa shape index (κ2) is 5.73. The zero-order valence-corrected chi connectivity index (χ0v) is 13.5. The fourth-order valence-electron chi connectivity index (χ4n) is 3.14. The maximum atomic E-state index is 12.7. The fraction of sp³-hybridized carbons (Fsp3) is 0.533. The summed E-state index contributed by atoms with van der Waals surface area (Å²) >= 11 is 0. The first kappa shape index (κ1) is 17.2. The Hall–Kier alpha value is -1.61. The smallest absolute Gasteiger partial charge is 0.337 e. The van der Waals surface area contributed by atoms with Crippen LogP contribution in [0.3, 0.4) is 0 Å². The summed E-state index contributed by atoms with van der Waals surface area (Å²) in [5, 5.41) is 0. The lowest BCUT2D eigenvalue weighted by Crippen LogP contribution is -2.56. The molecule has 2 N–H and O–H groups in total. The molecule has 5 nitrogen and oxygen atoms in total. The standard InChI is InChI=1S/C15H17F3N2O3S/c16-15(17,18)12-2-1-10-6-20(4-3-9(10)5-12)14(21)13(19)11-7-24(22,23)8-11/h1-2,5,11,13H,3-4,6-8,19H2. The number of carbonyl (C=O) groups is 1. The topological polar surface area (TPSA) is 80.5 Å². The average molecular weight is 362 g/mol. The third-order valence-corrected chi connectivity index (χ3v) is 6.46. The van der Waals surface area contributed by atoms with Gasteiger partial charge in [-0.25, -0.2) is 8.42 Å². The molecule has 24 heavy (non-hydrogen) atoms. The van der Waals surface area contributed by atoms with Crippen LogP contribution < -0.4 is 5.73 Å². The highest BCUT2D eigenvalue weighted by Gasteiger charge is 2.42. The van der Waals surface area contributed by atoms with Crippen LogP contribution in [-0.2, 0) is 33.8 Å². The average Bonchev–Trinajstić information content (AvgIpc) is 2.49. The fourth-order valence-corrected chi connectivity index (χ4v) is 4.76. The van der Waals surface area contributed by atoms with Crippen molar-refractivity contribution in [3.8, 4) is 0 Å². The third kappa shape index (κ3) is 3.27. The molecule has 3 rings (SSSR count). The Bertz CT molecular complexity index is 765. The first-order valence-corrected chi connectivity index (χ1v) is 9.33. The monoisotopic (exact) mass is 362 g/mol.